The second-order valence-corrected chi connectivity index (χ2v) is 11.6. The Kier molecular flexibility index (Phi) is 5.83. The van der Waals surface area contributed by atoms with Gasteiger partial charge in [0.15, 0.2) is 6.39 Å². The number of benzene rings is 2. The summed E-state index contributed by atoms with van der Waals surface area (Å²) in [6.07, 6.45) is 5.12. The summed E-state index contributed by atoms with van der Waals surface area (Å²) in [5.41, 5.74) is 1.15. The fourth-order valence-corrected chi connectivity index (χ4v) is 5.63. The second-order valence-electron chi connectivity index (χ2n) is 10.6. The molecule has 1 fully saturated rings. The Morgan fingerprint density at radius 3 is 2.71 bits per heavy atom. The summed E-state index contributed by atoms with van der Waals surface area (Å²) in [6, 6.07) is 11.3. The third-order valence-corrected chi connectivity index (χ3v) is 7.83. The summed E-state index contributed by atoms with van der Waals surface area (Å²) in [5, 5.41) is 1.19. The van der Waals surface area contributed by atoms with E-state index in [1.54, 1.807) is 30.0 Å². The number of nitrogens with zero attached hydrogens (tertiary/aromatic N) is 3. The van der Waals surface area contributed by atoms with Crippen molar-refractivity contribution in [2.45, 2.75) is 46.1 Å². The van der Waals surface area contributed by atoms with Crippen molar-refractivity contribution in [3.63, 3.8) is 0 Å². The Hall–Kier alpha value is -3.98. The first-order valence-electron chi connectivity index (χ1n) is 12.5. The van der Waals surface area contributed by atoms with E-state index in [1.165, 1.54) is 17.7 Å². The molecule has 1 aliphatic rings. The molecular formula is C29H27N3O5S. The Labute approximate surface area is 222 Å². The largest absolute Gasteiger partial charge is 0.497 e. The van der Waals surface area contributed by atoms with Crippen LogP contribution in [0.4, 0.5) is 0 Å². The number of carbonyl (C=O) groups is 1. The molecule has 0 spiro atoms. The van der Waals surface area contributed by atoms with E-state index >= 15 is 0 Å². The molecule has 0 aliphatic heterocycles. The maximum atomic E-state index is 14.2. The number of esters is 1. The molecule has 8 nitrogen and oxygen atoms in total. The van der Waals surface area contributed by atoms with Gasteiger partial charge in [0.1, 0.15) is 27.9 Å². The van der Waals surface area contributed by atoms with Crippen LogP contribution in [0.5, 0.6) is 11.5 Å². The number of hydrogen-bond acceptors (Lipinski definition) is 8. The van der Waals surface area contributed by atoms with Gasteiger partial charge < -0.3 is 13.9 Å². The van der Waals surface area contributed by atoms with Crippen molar-refractivity contribution in [1.29, 1.82) is 0 Å². The molecule has 194 valence electrons. The van der Waals surface area contributed by atoms with E-state index in [1.807, 2.05) is 45.0 Å². The van der Waals surface area contributed by atoms with Crippen molar-refractivity contribution >= 4 is 37.6 Å². The fraction of sp³-hybridized carbons (Fsp3) is 0.310. The summed E-state index contributed by atoms with van der Waals surface area (Å²) in [7, 11) is 1.65. The first-order chi connectivity index (χ1) is 18.2. The average molecular weight is 530 g/mol. The van der Waals surface area contributed by atoms with E-state index in [4.69, 9.17) is 18.9 Å². The van der Waals surface area contributed by atoms with Crippen LogP contribution in [0.1, 0.15) is 50.9 Å². The molecule has 2 aromatic carbocycles. The topological polar surface area (TPSA) is 96.5 Å². The third kappa shape index (κ3) is 4.26. The predicted molar refractivity (Wildman–Crippen MR) is 146 cm³/mol. The van der Waals surface area contributed by atoms with Crippen molar-refractivity contribution < 1.29 is 18.7 Å². The Morgan fingerprint density at radius 1 is 1.21 bits per heavy atom. The summed E-state index contributed by atoms with van der Waals surface area (Å²) in [5.74, 6) is 2.37. The second kappa shape index (κ2) is 9.09. The Bertz CT molecular complexity index is 1740. The number of rotatable bonds is 6. The van der Waals surface area contributed by atoms with Gasteiger partial charge in [-0.25, -0.2) is 9.97 Å². The number of carbonyl (C=O) groups excluding carboxylic acids is 1. The summed E-state index contributed by atoms with van der Waals surface area (Å²) < 4.78 is 19.1. The minimum atomic E-state index is -0.665. The molecule has 38 heavy (non-hydrogen) atoms. The summed E-state index contributed by atoms with van der Waals surface area (Å²) in [6.45, 7) is 5.61. The molecule has 0 radical (unpaired) electrons. The highest BCUT2D eigenvalue weighted by Crippen LogP contribution is 2.46. The van der Waals surface area contributed by atoms with Crippen LogP contribution < -0.4 is 15.0 Å². The highest BCUT2D eigenvalue weighted by atomic mass is 32.1. The van der Waals surface area contributed by atoms with Gasteiger partial charge in [0, 0.05) is 10.9 Å². The van der Waals surface area contributed by atoms with Crippen molar-refractivity contribution in [3.05, 3.63) is 70.7 Å². The van der Waals surface area contributed by atoms with Crippen LogP contribution in [0, 0.1) is 5.41 Å². The Morgan fingerprint density at radius 2 is 2.03 bits per heavy atom. The molecule has 3 heterocycles. The number of ether oxygens (including phenoxy) is 2. The van der Waals surface area contributed by atoms with E-state index in [9.17, 15) is 9.59 Å². The molecule has 1 saturated carbocycles. The quantitative estimate of drug-likeness (QED) is 0.192. The zero-order valence-corrected chi connectivity index (χ0v) is 22.4. The van der Waals surface area contributed by atoms with Crippen LogP contribution in [0.25, 0.3) is 31.7 Å². The van der Waals surface area contributed by atoms with Crippen LogP contribution in [0.2, 0.25) is 0 Å². The van der Waals surface area contributed by atoms with Gasteiger partial charge in [-0.1, -0.05) is 12.1 Å². The van der Waals surface area contributed by atoms with Gasteiger partial charge in [0.2, 0.25) is 0 Å². The van der Waals surface area contributed by atoms with E-state index in [0.29, 0.717) is 43.6 Å². The lowest BCUT2D eigenvalue weighted by Crippen LogP contribution is -2.25. The normalized spacial score (nSPS) is 13.8. The number of hydrogen-bond donors (Lipinski definition) is 0. The fourth-order valence-electron chi connectivity index (χ4n) is 4.52. The van der Waals surface area contributed by atoms with Gasteiger partial charge in [-0.2, -0.15) is 0 Å². The summed E-state index contributed by atoms with van der Waals surface area (Å²) >= 11 is 1.36. The maximum Gasteiger partial charge on any atom is 0.316 e. The minimum Gasteiger partial charge on any atom is -0.497 e. The molecule has 0 bridgehead atoms. The number of aromatic nitrogens is 3. The molecule has 0 unspecified atom stereocenters. The molecule has 5 aromatic rings. The molecule has 0 saturated heterocycles. The monoisotopic (exact) mass is 529 g/mol. The number of thiophene rings is 1. The van der Waals surface area contributed by atoms with Gasteiger partial charge >= 0.3 is 5.97 Å². The lowest BCUT2D eigenvalue weighted by molar-refractivity contribution is -0.142. The van der Waals surface area contributed by atoms with Crippen LogP contribution in [0.15, 0.2) is 58.2 Å². The van der Waals surface area contributed by atoms with Crippen molar-refractivity contribution in [3.8, 4) is 22.9 Å². The summed E-state index contributed by atoms with van der Waals surface area (Å²) in [4.78, 5) is 36.5. The molecule has 3 aromatic heterocycles. The number of fused-ring (bicyclic) bond motifs is 3. The standard InChI is InChI=1S/C29H27N3O5S/c1-29(2,3)28(34)37-22-7-5-6-20-23-26(38-24(20)22)31-25(32(27(23)33)14-18-13-30-15-36-18)19-11-10-17(35-4)12-21(19)16-8-9-16/h5-7,10-13,15-16H,8-9,14H2,1-4H3. The van der Waals surface area contributed by atoms with Crippen LogP contribution in [-0.2, 0) is 11.3 Å². The molecule has 0 N–H and O–H groups in total. The van der Waals surface area contributed by atoms with Crippen LogP contribution >= 0.6 is 11.3 Å². The number of oxazole rings is 1. The number of methoxy groups -OCH3 is 1. The van der Waals surface area contributed by atoms with E-state index in [0.717, 1.165) is 29.7 Å². The first-order valence-corrected chi connectivity index (χ1v) is 13.3. The van der Waals surface area contributed by atoms with Crippen LogP contribution in [0.3, 0.4) is 0 Å². The third-order valence-electron chi connectivity index (χ3n) is 6.71. The van der Waals surface area contributed by atoms with Crippen molar-refractivity contribution in [2.75, 3.05) is 7.11 Å². The lowest BCUT2D eigenvalue weighted by Gasteiger charge is -2.16. The van der Waals surface area contributed by atoms with Gasteiger partial charge in [0.05, 0.1) is 35.4 Å². The van der Waals surface area contributed by atoms with Gasteiger partial charge in [0.25, 0.3) is 5.56 Å². The molecule has 9 heteroatoms. The first kappa shape index (κ1) is 24.4. The van der Waals surface area contributed by atoms with E-state index < -0.39 is 5.41 Å². The van der Waals surface area contributed by atoms with E-state index in [2.05, 4.69) is 4.98 Å². The van der Waals surface area contributed by atoms with Gasteiger partial charge in [-0.15, -0.1) is 11.3 Å². The highest BCUT2D eigenvalue weighted by Gasteiger charge is 2.30. The molecule has 1 aliphatic carbocycles. The highest BCUT2D eigenvalue weighted by molar-refractivity contribution is 7.25. The average Bonchev–Trinajstić information content (AvgIpc) is 3.47. The molecular weight excluding hydrogens is 502 g/mol. The van der Waals surface area contributed by atoms with Crippen molar-refractivity contribution in [1.82, 2.24) is 14.5 Å². The van der Waals surface area contributed by atoms with Gasteiger partial charge in [-0.3, -0.25) is 14.2 Å². The van der Waals surface area contributed by atoms with Gasteiger partial charge in [-0.05, 0) is 69.4 Å². The van der Waals surface area contributed by atoms with Crippen molar-refractivity contribution in [2.24, 2.45) is 5.41 Å². The van der Waals surface area contributed by atoms with E-state index in [-0.39, 0.29) is 18.1 Å². The Balaban J connectivity index is 1.60. The lowest BCUT2D eigenvalue weighted by atomic mass is 9.97. The molecule has 0 amide bonds. The molecule has 0 atom stereocenters. The zero-order chi connectivity index (χ0) is 26.6. The zero-order valence-electron chi connectivity index (χ0n) is 21.6. The molecule has 6 rings (SSSR count). The maximum absolute atomic E-state index is 14.2. The predicted octanol–water partition coefficient (Wildman–Crippen LogP) is 6.15. The SMILES string of the molecule is COc1ccc(-c2nc3sc4c(OC(=O)C(C)(C)C)cccc4c3c(=O)n2Cc2cnco2)c(C2CC2)c1. The minimum absolute atomic E-state index is 0.184. The smallest absolute Gasteiger partial charge is 0.316 e. The van der Waals surface area contributed by atoms with Crippen LogP contribution in [-0.4, -0.2) is 27.6 Å².